The zero-order chi connectivity index (χ0) is 37.9. The molecule has 2 saturated carbocycles. The molecule has 4 aromatic rings. The molecule has 54 heavy (non-hydrogen) atoms. The summed E-state index contributed by atoms with van der Waals surface area (Å²) in [6, 6.07) is 7.26. The Balaban J connectivity index is 1.18. The highest BCUT2D eigenvalue weighted by Gasteiger charge is 2.48. The van der Waals surface area contributed by atoms with Crippen LogP contribution in [0.3, 0.4) is 0 Å². The first kappa shape index (κ1) is 35.7. The molecule has 0 saturated heterocycles. The summed E-state index contributed by atoms with van der Waals surface area (Å²) in [6.07, 6.45) is 4.28. The lowest BCUT2D eigenvalue weighted by atomic mass is 9.99. The van der Waals surface area contributed by atoms with Gasteiger partial charge in [0.2, 0.25) is 5.88 Å². The molecule has 2 fully saturated rings. The third kappa shape index (κ3) is 7.15. The first-order valence-corrected chi connectivity index (χ1v) is 18.2. The number of aliphatic imine (C=N–C) groups is 1. The summed E-state index contributed by atoms with van der Waals surface area (Å²) >= 11 is 0. The molecule has 1 atom stereocenters. The number of rotatable bonds is 8. The summed E-state index contributed by atoms with van der Waals surface area (Å²) in [4.78, 5) is 53.3. The first-order chi connectivity index (χ1) is 25.8. The second-order valence-corrected chi connectivity index (χ2v) is 15.3. The zero-order valence-corrected chi connectivity index (χ0v) is 30.6. The maximum atomic E-state index is 14.6. The van der Waals surface area contributed by atoms with E-state index in [1.807, 2.05) is 39.0 Å². The fourth-order valence-electron chi connectivity index (χ4n) is 7.08. The Labute approximate surface area is 309 Å². The van der Waals surface area contributed by atoms with Gasteiger partial charge in [0.25, 0.3) is 5.56 Å². The Morgan fingerprint density at radius 2 is 1.78 bits per heavy atom. The highest BCUT2D eigenvalue weighted by Crippen LogP contribution is 2.45. The van der Waals surface area contributed by atoms with E-state index in [1.165, 1.54) is 13.4 Å². The van der Waals surface area contributed by atoms with E-state index in [4.69, 9.17) is 19.4 Å². The van der Waals surface area contributed by atoms with Gasteiger partial charge in [0, 0.05) is 47.8 Å². The van der Waals surface area contributed by atoms with Crippen molar-refractivity contribution in [2.75, 3.05) is 26.7 Å². The third-order valence-corrected chi connectivity index (χ3v) is 10.1. The van der Waals surface area contributed by atoms with Gasteiger partial charge in [0.05, 0.1) is 25.9 Å². The van der Waals surface area contributed by atoms with Crippen LogP contribution in [0.4, 0.5) is 18.0 Å². The highest BCUT2D eigenvalue weighted by molar-refractivity contribution is 6.00. The molecule has 5 heterocycles. The van der Waals surface area contributed by atoms with Crippen LogP contribution in [0.25, 0.3) is 28.0 Å². The fraction of sp³-hybridized carbons (Fsp3) is 0.462. The number of carbonyl (C=O) groups is 1. The van der Waals surface area contributed by atoms with Gasteiger partial charge in [0.1, 0.15) is 29.0 Å². The number of methoxy groups -OCH3 is 1. The topological polar surface area (TPSA) is 128 Å². The number of pyridine rings is 1. The number of fused-ring (bicyclic) bond motifs is 1. The second-order valence-electron chi connectivity index (χ2n) is 15.3. The van der Waals surface area contributed by atoms with Crippen molar-refractivity contribution in [2.24, 2.45) is 4.99 Å². The quantitative estimate of drug-likeness (QED) is 0.203. The molecule has 1 unspecified atom stereocenters. The maximum Gasteiger partial charge on any atom is 0.412 e. The summed E-state index contributed by atoms with van der Waals surface area (Å²) in [6.45, 7) is 6.06. The molecule has 2 aliphatic carbocycles. The van der Waals surface area contributed by atoms with Gasteiger partial charge >= 0.3 is 12.3 Å². The second kappa shape index (κ2) is 13.5. The van der Waals surface area contributed by atoms with Crippen molar-refractivity contribution in [3.63, 3.8) is 0 Å². The van der Waals surface area contributed by atoms with Crippen LogP contribution >= 0.6 is 0 Å². The van der Waals surface area contributed by atoms with E-state index >= 15 is 0 Å². The fourth-order valence-corrected chi connectivity index (χ4v) is 7.08. The Morgan fingerprint density at radius 1 is 1.02 bits per heavy atom. The summed E-state index contributed by atoms with van der Waals surface area (Å²) in [5, 5.41) is 0.628. The molecule has 0 bridgehead atoms. The number of amides is 1. The van der Waals surface area contributed by atoms with Crippen molar-refractivity contribution in [1.29, 1.82) is 0 Å². The molecule has 12 nitrogen and oxygen atoms in total. The number of halogens is 3. The van der Waals surface area contributed by atoms with Crippen molar-refractivity contribution < 1.29 is 27.4 Å². The molecule has 4 aliphatic rings. The van der Waals surface area contributed by atoms with Crippen molar-refractivity contribution in [1.82, 2.24) is 34.3 Å². The van der Waals surface area contributed by atoms with Crippen LogP contribution in [0.1, 0.15) is 81.2 Å². The molecule has 3 aromatic heterocycles. The predicted octanol–water partition coefficient (Wildman–Crippen LogP) is 6.36. The van der Waals surface area contributed by atoms with Gasteiger partial charge in [0.15, 0.2) is 11.9 Å². The third-order valence-electron chi connectivity index (χ3n) is 10.1. The Bertz CT molecular complexity index is 2240. The molecule has 1 amide bonds. The van der Waals surface area contributed by atoms with E-state index in [9.17, 15) is 22.8 Å². The number of hydrogen-bond donors (Lipinski definition) is 0. The number of benzene rings is 1. The number of ether oxygens (including phenoxy) is 2. The Morgan fingerprint density at radius 3 is 2.41 bits per heavy atom. The van der Waals surface area contributed by atoms with Gasteiger partial charge in [-0.3, -0.25) is 14.4 Å². The van der Waals surface area contributed by atoms with Gasteiger partial charge in [-0.2, -0.15) is 13.2 Å². The van der Waals surface area contributed by atoms with Crippen LogP contribution in [0.15, 0.2) is 58.7 Å². The van der Waals surface area contributed by atoms with Crippen LogP contribution in [0, 0.1) is 0 Å². The predicted molar refractivity (Wildman–Crippen MR) is 195 cm³/mol. The maximum absolute atomic E-state index is 14.6. The molecule has 2 aliphatic heterocycles. The van der Waals surface area contributed by atoms with Gasteiger partial charge in [-0.25, -0.2) is 24.7 Å². The zero-order valence-electron chi connectivity index (χ0n) is 30.6. The Hall–Kier alpha value is -5.34. The van der Waals surface area contributed by atoms with Gasteiger partial charge in [-0.05, 0) is 70.1 Å². The van der Waals surface area contributed by atoms with Crippen molar-refractivity contribution in [3.8, 4) is 17.3 Å². The van der Waals surface area contributed by atoms with Crippen LogP contribution < -0.4 is 10.3 Å². The van der Waals surface area contributed by atoms with Gasteiger partial charge < -0.3 is 19.3 Å². The lowest BCUT2D eigenvalue weighted by Crippen LogP contribution is -2.39. The number of hydrogen-bond acceptors (Lipinski definition) is 10. The minimum Gasteiger partial charge on any atom is -0.480 e. The minimum absolute atomic E-state index is 0.0664. The summed E-state index contributed by atoms with van der Waals surface area (Å²) in [7, 11) is 1.53. The summed E-state index contributed by atoms with van der Waals surface area (Å²) < 4.78 is 53.8. The number of aromatic nitrogens is 5. The van der Waals surface area contributed by atoms with Gasteiger partial charge in [-0.1, -0.05) is 30.3 Å². The van der Waals surface area contributed by atoms with E-state index in [2.05, 4.69) is 15.0 Å². The van der Waals surface area contributed by atoms with Crippen LogP contribution in [0.5, 0.6) is 5.88 Å². The van der Waals surface area contributed by atoms with Crippen molar-refractivity contribution in [2.45, 2.75) is 89.2 Å². The number of nitrogens with zero attached hydrogens (tertiary/aromatic N) is 8. The lowest BCUT2D eigenvalue weighted by Gasteiger charge is -2.29. The van der Waals surface area contributed by atoms with E-state index in [-0.39, 0.29) is 37.2 Å². The molecule has 282 valence electrons. The number of carbonyl (C=O) groups excluding carboxylic acids is 1. The molecule has 1 aromatic carbocycles. The Kier molecular flexibility index (Phi) is 8.92. The summed E-state index contributed by atoms with van der Waals surface area (Å²) in [5.41, 5.74) is 3.47. The average molecular weight is 743 g/mol. The first-order valence-electron chi connectivity index (χ1n) is 18.2. The smallest absolute Gasteiger partial charge is 0.412 e. The molecule has 15 heteroatoms. The normalized spacial score (nSPS) is 19.2. The molecular formula is C39H41F3N8O4. The van der Waals surface area contributed by atoms with E-state index in [0.717, 1.165) is 42.5 Å². The van der Waals surface area contributed by atoms with Crippen LogP contribution in [-0.2, 0) is 11.3 Å². The highest BCUT2D eigenvalue weighted by atomic mass is 19.4. The standard InChI is InChI=1S/C39H41F3N8O4/c1-38(2,3)54-37(52)48-15-13-23(14-16-48)28-17-26-18-43-32(30-31(24-9-10-24)44-21-45-35(30)53-4)47-34(26)50(36(28)51)19-22-5-7-25(8-6-22)33-46-29(39(40,41)42)20-49(33)27-11-12-27/h5-8,13,17-18,21,24,27,29H,9-12,14-16,19-20H2,1-4H3. The van der Waals surface area contributed by atoms with Crippen molar-refractivity contribution in [3.05, 3.63) is 81.7 Å². The van der Waals surface area contributed by atoms with Crippen LogP contribution in [0.2, 0.25) is 0 Å². The minimum atomic E-state index is -4.42. The molecular weight excluding hydrogens is 701 g/mol. The van der Waals surface area contributed by atoms with Crippen LogP contribution in [-0.4, -0.2) is 96.8 Å². The van der Waals surface area contributed by atoms with E-state index in [0.29, 0.717) is 58.2 Å². The molecule has 0 N–H and O–H groups in total. The molecule has 0 spiro atoms. The van der Waals surface area contributed by atoms with Gasteiger partial charge in [-0.15, -0.1) is 0 Å². The molecule has 8 rings (SSSR count). The molecule has 0 radical (unpaired) electrons. The largest absolute Gasteiger partial charge is 0.480 e. The monoisotopic (exact) mass is 742 g/mol. The SMILES string of the molecule is COc1ncnc(C2CC2)c1-c1ncc2cc(C3=CCN(C(=O)OC(C)(C)C)CC3)c(=O)n(Cc3ccc(C4=NC(C(F)(F)F)CN4C4CC4)cc3)c2n1. The van der Waals surface area contributed by atoms with E-state index in [1.54, 1.807) is 38.8 Å². The number of amidine groups is 1. The number of alkyl halides is 3. The summed E-state index contributed by atoms with van der Waals surface area (Å²) in [5.74, 6) is 1.27. The van der Waals surface area contributed by atoms with Crippen molar-refractivity contribution >= 4 is 28.5 Å². The van der Waals surface area contributed by atoms with E-state index < -0.39 is 23.9 Å². The lowest BCUT2D eigenvalue weighted by molar-refractivity contribution is -0.146. The average Bonchev–Trinajstić information content (AvgIpc) is 4.10.